The average molecular weight is 473 g/mol. The van der Waals surface area contributed by atoms with E-state index in [9.17, 15) is 14.9 Å². The highest BCUT2D eigenvalue weighted by Gasteiger charge is 2.17. The van der Waals surface area contributed by atoms with Gasteiger partial charge in [0.05, 0.1) is 16.9 Å². The Kier molecular flexibility index (Phi) is 7.09. The first-order chi connectivity index (χ1) is 16.5. The normalized spacial score (nSPS) is 11.0. The summed E-state index contributed by atoms with van der Waals surface area (Å²) in [5.41, 5.74) is 5.84. The molecular formula is C24H20N6O3S. The standard InChI is InChI=1S/C24H20N6O3S/c1-17-10-12-19(13-11-17)23-27-28-24(29(23)20-7-3-2-4-8-20)34-16-22(31)26-25-15-18-6-5-9-21(14-18)30(32)33/h2-15H,16H2,1H3,(H,26,31). The molecule has 1 aromatic heterocycles. The summed E-state index contributed by atoms with van der Waals surface area (Å²) >= 11 is 1.24. The number of para-hydroxylation sites is 1. The second-order valence-corrected chi connectivity index (χ2v) is 8.22. The number of nitrogens with one attached hydrogen (secondary N) is 1. The molecule has 4 rings (SSSR count). The van der Waals surface area contributed by atoms with Crippen LogP contribution in [0.15, 0.2) is 89.1 Å². The van der Waals surface area contributed by atoms with Crippen LogP contribution in [0.2, 0.25) is 0 Å². The number of thioether (sulfide) groups is 1. The lowest BCUT2D eigenvalue weighted by Crippen LogP contribution is -2.20. The third kappa shape index (κ3) is 5.54. The lowest BCUT2D eigenvalue weighted by atomic mass is 10.1. The molecule has 1 amide bonds. The van der Waals surface area contributed by atoms with Crippen molar-refractivity contribution in [1.82, 2.24) is 20.2 Å². The van der Waals surface area contributed by atoms with Gasteiger partial charge in [-0.25, -0.2) is 5.43 Å². The van der Waals surface area contributed by atoms with Crippen molar-refractivity contribution in [2.75, 3.05) is 5.75 Å². The highest BCUT2D eigenvalue weighted by atomic mass is 32.2. The summed E-state index contributed by atoms with van der Waals surface area (Å²) in [5.74, 6) is 0.398. The van der Waals surface area contributed by atoms with Gasteiger partial charge in [0, 0.05) is 28.9 Å². The molecule has 0 aliphatic heterocycles. The summed E-state index contributed by atoms with van der Waals surface area (Å²) in [6.45, 7) is 2.02. The summed E-state index contributed by atoms with van der Waals surface area (Å²) in [6.07, 6.45) is 1.36. The Morgan fingerprint density at radius 1 is 1.09 bits per heavy atom. The van der Waals surface area contributed by atoms with E-state index in [2.05, 4.69) is 20.7 Å². The first-order valence-electron chi connectivity index (χ1n) is 10.3. The van der Waals surface area contributed by atoms with Crippen LogP contribution in [-0.4, -0.2) is 37.6 Å². The van der Waals surface area contributed by atoms with Crippen molar-refractivity contribution >= 4 is 29.6 Å². The molecule has 170 valence electrons. The fraction of sp³-hybridized carbons (Fsp3) is 0.0833. The van der Waals surface area contributed by atoms with Crippen LogP contribution in [0.4, 0.5) is 5.69 Å². The lowest BCUT2D eigenvalue weighted by Gasteiger charge is -2.10. The molecule has 9 nitrogen and oxygen atoms in total. The predicted octanol–water partition coefficient (Wildman–Crippen LogP) is 4.39. The van der Waals surface area contributed by atoms with Crippen LogP contribution in [-0.2, 0) is 4.79 Å². The van der Waals surface area contributed by atoms with E-state index in [0.29, 0.717) is 16.5 Å². The van der Waals surface area contributed by atoms with Crippen molar-refractivity contribution in [3.05, 3.63) is 100 Å². The monoisotopic (exact) mass is 472 g/mol. The predicted molar refractivity (Wildman–Crippen MR) is 131 cm³/mol. The Hall–Kier alpha value is -4.31. The number of benzene rings is 3. The number of hydrogen-bond donors (Lipinski definition) is 1. The fourth-order valence-electron chi connectivity index (χ4n) is 3.12. The number of carbonyl (C=O) groups is 1. The minimum Gasteiger partial charge on any atom is -0.272 e. The second kappa shape index (κ2) is 10.5. The summed E-state index contributed by atoms with van der Waals surface area (Å²) < 4.78 is 1.91. The Morgan fingerprint density at radius 2 is 1.85 bits per heavy atom. The van der Waals surface area contributed by atoms with E-state index in [1.807, 2.05) is 66.1 Å². The first kappa shape index (κ1) is 22.9. The smallest absolute Gasteiger partial charge is 0.270 e. The van der Waals surface area contributed by atoms with Gasteiger partial charge in [-0.1, -0.05) is 71.9 Å². The summed E-state index contributed by atoms with van der Waals surface area (Å²) in [5, 5.41) is 24.0. The zero-order valence-corrected chi connectivity index (χ0v) is 19.0. The lowest BCUT2D eigenvalue weighted by molar-refractivity contribution is -0.384. The molecule has 1 N–H and O–H groups in total. The van der Waals surface area contributed by atoms with Gasteiger partial charge in [0.2, 0.25) is 0 Å². The van der Waals surface area contributed by atoms with Gasteiger partial charge in [-0.15, -0.1) is 10.2 Å². The fourth-order valence-corrected chi connectivity index (χ4v) is 3.87. The van der Waals surface area contributed by atoms with Crippen molar-refractivity contribution in [3.63, 3.8) is 0 Å². The molecule has 0 bridgehead atoms. The maximum Gasteiger partial charge on any atom is 0.270 e. The van der Waals surface area contributed by atoms with Gasteiger partial charge in [-0.05, 0) is 19.1 Å². The van der Waals surface area contributed by atoms with Crippen LogP contribution in [0.5, 0.6) is 0 Å². The molecule has 10 heteroatoms. The zero-order chi connectivity index (χ0) is 23.9. The van der Waals surface area contributed by atoms with E-state index in [1.165, 1.54) is 30.1 Å². The maximum atomic E-state index is 12.3. The van der Waals surface area contributed by atoms with E-state index in [4.69, 9.17) is 0 Å². The summed E-state index contributed by atoms with van der Waals surface area (Å²) in [6, 6.07) is 23.7. The number of rotatable bonds is 8. The Bertz CT molecular complexity index is 1340. The molecule has 34 heavy (non-hydrogen) atoms. The zero-order valence-electron chi connectivity index (χ0n) is 18.2. The quantitative estimate of drug-likeness (QED) is 0.176. The molecule has 1 heterocycles. The Labute approximate surface area is 199 Å². The molecule has 4 aromatic rings. The van der Waals surface area contributed by atoms with E-state index in [-0.39, 0.29) is 17.3 Å². The molecule has 3 aromatic carbocycles. The van der Waals surface area contributed by atoms with Gasteiger partial charge in [0.1, 0.15) is 0 Å². The maximum absolute atomic E-state index is 12.3. The van der Waals surface area contributed by atoms with Gasteiger partial charge in [-0.3, -0.25) is 19.5 Å². The minimum absolute atomic E-state index is 0.0459. The van der Waals surface area contributed by atoms with Crippen LogP contribution < -0.4 is 5.43 Å². The average Bonchev–Trinajstić information content (AvgIpc) is 3.28. The van der Waals surface area contributed by atoms with Crippen molar-refractivity contribution in [1.29, 1.82) is 0 Å². The molecule has 0 atom stereocenters. The van der Waals surface area contributed by atoms with Crippen LogP contribution in [0, 0.1) is 17.0 Å². The van der Waals surface area contributed by atoms with Crippen LogP contribution in [0.25, 0.3) is 17.1 Å². The highest BCUT2D eigenvalue weighted by molar-refractivity contribution is 7.99. The van der Waals surface area contributed by atoms with Crippen LogP contribution >= 0.6 is 11.8 Å². The van der Waals surface area contributed by atoms with Crippen molar-refractivity contribution in [3.8, 4) is 17.1 Å². The second-order valence-electron chi connectivity index (χ2n) is 7.28. The molecule has 0 radical (unpaired) electrons. The third-order valence-electron chi connectivity index (χ3n) is 4.77. The molecule has 0 unspecified atom stereocenters. The Morgan fingerprint density at radius 3 is 2.59 bits per heavy atom. The molecule has 0 aliphatic rings. The van der Waals surface area contributed by atoms with E-state index >= 15 is 0 Å². The first-order valence-corrected chi connectivity index (χ1v) is 11.3. The number of aryl methyl sites for hydroxylation is 1. The SMILES string of the molecule is Cc1ccc(-c2nnc(SCC(=O)NN=Cc3cccc([N+](=O)[O-])c3)n2-c2ccccc2)cc1. The molecule has 0 aliphatic carbocycles. The van der Waals surface area contributed by atoms with Gasteiger partial charge < -0.3 is 0 Å². The van der Waals surface area contributed by atoms with E-state index < -0.39 is 4.92 Å². The number of hydrogen-bond acceptors (Lipinski definition) is 7. The number of nitro groups is 1. The molecule has 0 spiro atoms. The number of nitro benzene ring substituents is 1. The molecule has 0 saturated carbocycles. The third-order valence-corrected chi connectivity index (χ3v) is 5.70. The number of aromatic nitrogens is 3. The summed E-state index contributed by atoms with van der Waals surface area (Å²) in [4.78, 5) is 22.7. The van der Waals surface area contributed by atoms with Gasteiger partial charge in [0.25, 0.3) is 11.6 Å². The topological polar surface area (TPSA) is 115 Å². The van der Waals surface area contributed by atoms with Crippen LogP contribution in [0.1, 0.15) is 11.1 Å². The van der Waals surface area contributed by atoms with Gasteiger partial charge in [-0.2, -0.15) is 5.10 Å². The Balaban J connectivity index is 1.47. The summed E-state index contributed by atoms with van der Waals surface area (Å²) in [7, 11) is 0. The molecular weight excluding hydrogens is 452 g/mol. The van der Waals surface area contributed by atoms with E-state index in [0.717, 1.165) is 16.8 Å². The largest absolute Gasteiger partial charge is 0.272 e. The molecule has 0 saturated heterocycles. The van der Waals surface area contributed by atoms with E-state index in [1.54, 1.807) is 12.1 Å². The van der Waals surface area contributed by atoms with Gasteiger partial charge >= 0.3 is 0 Å². The number of nitrogens with zero attached hydrogens (tertiary/aromatic N) is 5. The number of non-ortho nitro benzene ring substituents is 1. The van der Waals surface area contributed by atoms with Crippen molar-refractivity contribution < 1.29 is 9.72 Å². The number of amides is 1. The number of carbonyl (C=O) groups excluding carboxylic acids is 1. The minimum atomic E-state index is -0.486. The van der Waals surface area contributed by atoms with Crippen LogP contribution in [0.3, 0.4) is 0 Å². The highest BCUT2D eigenvalue weighted by Crippen LogP contribution is 2.28. The number of hydrazone groups is 1. The molecule has 0 fully saturated rings. The van der Waals surface area contributed by atoms with Gasteiger partial charge in [0.15, 0.2) is 11.0 Å². The van der Waals surface area contributed by atoms with Crippen molar-refractivity contribution in [2.45, 2.75) is 12.1 Å². The van der Waals surface area contributed by atoms with Crippen molar-refractivity contribution in [2.24, 2.45) is 5.10 Å².